The van der Waals surface area contributed by atoms with E-state index in [1.807, 2.05) is 67.6 Å². The summed E-state index contributed by atoms with van der Waals surface area (Å²) < 4.78 is 0. The lowest BCUT2D eigenvalue weighted by atomic mass is 10.1. The lowest BCUT2D eigenvalue weighted by Crippen LogP contribution is -2.11. The molecule has 4 heteroatoms. The molecule has 1 heterocycles. The molecule has 0 aliphatic rings. The van der Waals surface area contributed by atoms with Gasteiger partial charge in [0, 0.05) is 38.7 Å². The molecular weight excluding hydrogens is 298 g/mol. The number of H-pyrrole nitrogens is 1. The summed E-state index contributed by atoms with van der Waals surface area (Å²) in [6.45, 7) is 2.00. The van der Waals surface area contributed by atoms with Crippen LogP contribution in [0.5, 0.6) is 0 Å². The van der Waals surface area contributed by atoms with Gasteiger partial charge in [-0.2, -0.15) is 0 Å². The predicted octanol–water partition coefficient (Wildman–Crippen LogP) is 4.46. The van der Waals surface area contributed by atoms with Gasteiger partial charge in [-0.15, -0.1) is 0 Å². The summed E-state index contributed by atoms with van der Waals surface area (Å²) in [5.74, 6) is -0.116. The number of aromatic amines is 1. The van der Waals surface area contributed by atoms with E-state index in [2.05, 4.69) is 10.3 Å². The smallest absolute Gasteiger partial charge is 0.255 e. The minimum absolute atomic E-state index is 0.116. The molecule has 0 saturated heterocycles. The quantitative estimate of drug-likeness (QED) is 0.478. The summed E-state index contributed by atoms with van der Waals surface area (Å²) in [6, 6.07) is 19.2. The maximum atomic E-state index is 12.3. The molecule has 0 spiro atoms. The Kier molecular flexibility index (Phi) is 3.24. The summed E-state index contributed by atoms with van der Waals surface area (Å²) >= 11 is 0. The van der Waals surface area contributed by atoms with Crippen molar-refractivity contribution in [1.29, 1.82) is 0 Å². The standard InChI is InChI=1S/C20H17N3O/c1-12-2-4-13(5-3-12)20(24)22-15-7-9-17-16-8-6-14(21)10-18(16)23-19(17)11-15/h2-11,23H,21H2,1H3,(H,22,24). The number of fused-ring (bicyclic) bond motifs is 3. The zero-order valence-electron chi connectivity index (χ0n) is 13.3. The number of amides is 1. The van der Waals surface area contributed by atoms with Crippen LogP contribution in [0.4, 0.5) is 11.4 Å². The van der Waals surface area contributed by atoms with Gasteiger partial charge in [-0.05, 0) is 43.3 Å². The molecule has 0 aliphatic carbocycles. The second-order valence-corrected chi connectivity index (χ2v) is 6.01. The Bertz CT molecular complexity index is 1060. The molecule has 24 heavy (non-hydrogen) atoms. The second kappa shape index (κ2) is 5.42. The number of hydrogen-bond acceptors (Lipinski definition) is 2. The van der Waals surface area contributed by atoms with Gasteiger partial charge in [-0.1, -0.05) is 29.8 Å². The van der Waals surface area contributed by atoms with Gasteiger partial charge in [0.25, 0.3) is 5.91 Å². The number of benzene rings is 3. The Morgan fingerprint density at radius 2 is 1.58 bits per heavy atom. The molecule has 118 valence electrons. The molecule has 0 radical (unpaired) electrons. The van der Waals surface area contributed by atoms with Crippen LogP contribution in [0.15, 0.2) is 60.7 Å². The van der Waals surface area contributed by atoms with Crippen molar-refractivity contribution in [2.24, 2.45) is 0 Å². The van der Waals surface area contributed by atoms with Crippen LogP contribution in [0, 0.1) is 6.92 Å². The zero-order chi connectivity index (χ0) is 16.7. The van der Waals surface area contributed by atoms with E-state index in [1.54, 1.807) is 0 Å². The van der Waals surface area contributed by atoms with Crippen LogP contribution in [-0.4, -0.2) is 10.9 Å². The van der Waals surface area contributed by atoms with Crippen LogP contribution in [0.3, 0.4) is 0 Å². The van der Waals surface area contributed by atoms with Gasteiger partial charge in [0.15, 0.2) is 0 Å². The van der Waals surface area contributed by atoms with E-state index in [0.717, 1.165) is 38.7 Å². The monoisotopic (exact) mass is 315 g/mol. The molecule has 3 aromatic carbocycles. The van der Waals surface area contributed by atoms with Crippen LogP contribution in [0.1, 0.15) is 15.9 Å². The fourth-order valence-corrected chi connectivity index (χ4v) is 2.91. The van der Waals surface area contributed by atoms with E-state index in [1.165, 1.54) is 0 Å². The van der Waals surface area contributed by atoms with Gasteiger partial charge < -0.3 is 16.0 Å². The van der Waals surface area contributed by atoms with Crippen LogP contribution in [-0.2, 0) is 0 Å². The highest BCUT2D eigenvalue weighted by molar-refractivity contribution is 6.10. The first-order valence-electron chi connectivity index (χ1n) is 7.79. The molecule has 0 aliphatic heterocycles. The number of aromatic nitrogens is 1. The molecule has 4 N–H and O–H groups in total. The lowest BCUT2D eigenvalue weighted by molar-refractivity contribution is 0.102. The predicted molar refractivity (Wildman–Crippen MR) is 99.3 cm³/mol. The van der Waals surface area contributed by atoms with Crippen molar-refractivity contribution < 1.29 is 4.79 Å². The average molecular weight is 315 g/mol. The van der Waals surface area contributed by atoms with Crippen molar-refractivity contribution in [3.63, 3.8) is 0 Å². The average Bonchev–Trinajstić information content (AvgIpc) is 2.91. The van der Waals surface area contributed by atoms with Crippen LogP contribution in [0.2, 0.25) is 0 Å². The molecule has 4 nitrogen and oxygen atoms in total. The highest BCUT2D eigenvalue weighted by Crippen LogP contribution is 2.28. The molecule has 0 bridgehead atoms. The number of nitrogens with two attached hydrogens (primary N) is 1. The SMILES string of the molecule is Cc1ccc(C(=O)Nc2ccc3c(c2)[nH]c2cc(N)ccc23)cc1. The first-order chi connectivity index (χ1) is 11.6. The topological polar surface area (TPSA) is 70.9 Å². The molecule has 0 saturated carbocycles. The highest BCUT2D eigenvalue weighted by Gasteiger charge is 2.08. The normalized spacial score (nSPS) is 11.0. The first kappa shape index (κ1) is 14.3. The molecule has 1 aromatic heterocycles. The van der Waals surface area contributed by atoms with Crippen molar-refractivity contribution in [3.8, 4) is 0 Å². The number of hydrogen-bond donors (Lipinski definition) is 3. The van der Waals surface area contributed by atoms with Gasteiger partial charge in [0.05, 0.1) is 0 Å². The van der Waals surface area contributed by atoms with E-state index < -0.39 is 0 Å². The van der Waals surface area contributed by atoms with E-state index in [4.69, 9.17) is 5.73 Å². The van der Waals surface area contributed by atoms with Crippen molar-refractivity contribution in [1.82, 2.24) is 4.98 Å². The summed E-state index contributed by atoms with van der Waals surface area (Å²) in [5.41, 5.74) is 11.1. The van der Waals surface area contributed by atoms with E-state index in [9.17, 15) is 4.79 Å². The van der Waals surface area contributed by atoms with Gasteiger partial charge in [-0.3, -0.25) is 4.79 Å². The summed E-state index contributed by atoms with van der Waals surface area (Å²) in [5, 5.41) is 5.17. The Morgan fingerprint density at radius 1 is 0.917 bits per heavy atom. The van der Waals surface area contributed by atoms with Crippen LogP contribution < -0.4 is 11.1 Å². The van der Waals surface area contributed by atoms with Crippen molar-refractivity contribution in [2.75, 3.05) is 11.1 Å². The zero-order valence-corrected chi connectivity index (χ0v) is 13.3. The Labute approximate surface area is 139 Å². The third kappa shape index (κ3) is 2.48. The van der Waals surface area contributed by atoms with Crippen LogP contribution >= 0.6 is 0 Å². The summed E-state index contributed by atoms with van der Waals surface area (Å²) in [4.78, 5) is 15.7. The third-order valence-corrected chi connectivity index (χ3v) is 4.19. The molecule has 0 atom stereocenters. The van der Waals surface area contributed by atoms with Crippen molar-refractivity contribution >= 4 is 39.1 Å². The van der Waals surface area contributed by atoms with E-state index >= 15 is 0 Å². The molecule has 4 aromatic rings. The molecule has 0 fully saturated rings. The number of carbonyl (C=O) groups excluding carboxylic acids is 1. The van der Waals surface area contributed by atoms with Crippen LogP contribution in [0.25, 0.3) is 21.8 Å². The first-order valence-corrected chi connectivity index (χ1v) is 7.79. The van der Waals surface area contributed by atoms with Crippen molar-refractivity contribution in [3.05, 3.63) is 71.8 Å². The van der Waals surface area contributed by atoms with Gasteiger partial charge in [-0.25, -0.2) is 0 Å². The number of aryl methyl sites for hydroxylation is 1. The summed E-state index contributed by atoms with van der Waals surface area (Å²) in [7, 11) is 0. The van der Waals surface area contributed by atoms with E-state index in [-0.39, 0.29) is 5.91 Å². The Hall–Kier alpha value is -3.27. The second-order valence-electron chi connectivity index (χ2n) is 6.01. The van der Waals surface area contributed by atoms with Gasteiger partial charge in [0.1, 0.15) is 0 Å². The summed E-state index contributed by atoms with van der Waals surface area (Å²) in [6.07, 6.45) is 0. The highest BCUT2D eigenvalue weighted by atomic mass is 16.1. The number of anilines is 2. The largest absolute Gasteiger partial charge is 0.399 e. The number of nitrogens with one attached hydrogen (secondary N) is 2. The molecule has 4 rings (SSSR count). The van der Waals surface area contributed by atoms with Crippen molar-refractivity contribution in [2.45, 2.75) is 6.92 Å². The third-order valence-electron chi connectivity index (χ3n) is 4.19. The Balaban J connectivity index is 1.68. The number of carbonyl (C=O) groups is 1. The maximum absolute atomic E-state index is 12.3. The molecule has 1 amide bonds. The number of rotatable bonds is 2. The number of nitrogen functional groups attached to an aromatic ring is 1. The van der Waals surface area contributed by atoms with Gasteiger partial charge in [0.2, 0.25) is 0 Å². The fraction of sp³-hybridized carbons (Fsp3) is 0.0500. The van der Waals surface area contributed by atoms with Gasteiger partial charge >= 0.3 is 0 Å². The molecular formula is C20H17N3O. The van der Waals surface area contributed by atoms with E-state index in [0.29, 0.717) is 5.56 Å². The lowest BCUT2D eigenvalue weighted by Gasteiger charge is -2.06. The minimum atomic E-state index is -0.116. The fourth-order valence-electron chi connectivity index (χ4n) is 2.91. The Morgan fingerprint density at radius 3 is 2.33 bits per heavy atom. The molecule has 0 unspecified atom stereocenters. The minimum Gasteiger partial charge on any atom is -0.399 e. The maximum Gasteiger partial charge on any atom is 0.255 e.